The number of benzene rings is 2. The second-order valence-electron chi connectivity index (χ2n) is 5.12. The summed E-state index contributed by atoms with van der Waals surface area (Å²) in [5.74, 6) is -0.954. The fourth-order valence-electron chi connectivity index (χ4n) is 2.23. The highest BCUT2D eigenvalue weighted by Gasteiger charge is 2.21. The van der Waals surface area contributed by atoms with Crippen molar-refractivity contribution in [1.29, 1.82) is 0 Å². The van der Waals surface area contributed by atoms with Gasteiger partial charge in [-0.15, -0.1) is 0 Å². The SMILES string of the molecule is COC(=O)c1ccc([C@H](O)[C@@H](O)c2ccc(C(=O)OC)cc2)cc1. The number of hydrogen-bond acceptors (Lipinski definition) is 6. The Morgan fingerprint density at radius 3 is 1.25 bits per heavy atom. The monoisotopic (exact) mass is 330 g/mol. The smallest absolute Gasteiger partial charge is 0.337 e. The van der Waals surface area contributed by atoms with E-state index >= 15 is 0 Å². The molecular weight excluding hydrogens is 312 g/mol. The number of carbonyl (C=O) groups excluding carboxylic acids is 2. The van der Waals surface area contributed by atoms with Crippen molar-refractivity contribution in [3.8, 4) is 0 Å². The first-order valence-electron chi connectivity index (χ1n) is 7.20. The minimum atomic E-state index is -1.18. The van der Waals surface area contributed by atoms with Crippen molar-refractivity contribution in [2.24, 2.45) is 0 Å². The van der Waals surface area contributed by atoms with Gasteiger partial charge in [0.05, 0.1) is 25.3 Å². The van der Waals surface area contributed by atoms with Crippen molar-refractivity contribution in [1.82, 2.24) is 0 Å². The standard InChI is InChI=1S/C18H18O6/c1-23-17(21)13-7-3-11(4-8-13)15(19)16(20)12-5-9-14(10-6-12)18(22)24-2/h3-10,15-16,19-20H,1-2H3/t15-,16-/m0/s1. The average molecular weight is 330 g/mol. The van der Waals surface area contributed by atoms with Crippen molar-refractivity contribution in [3.05, 3.63) is 70.8 Å². The van der Waals surface area contributed by atoms with Crippen molar-refractivity contribution >= 4 is 11.9 Å². The molecule has 6 heteroatoms. The van der Waals surface area contributed by atoms with Gasteiger partial charge in [0.2, 0.25) is 0 Å². The third-order valence-electron chi connectivity index (χ3n) is 3.65. The number of ether oxygens (including phenoxy) is 2. The van der Waals surface area contributed by atoms with Crippen molar-refractivity contribution < 1.29 is 29.3 Å². The van der Waals surface area contributed by atoms with Crippen LogP contribution in [0.25, 0.3) is 0 Å². The highest BCUT2D eigenvalue weighted by molar-refractivity contribution is 5.89. The zero-order valence-corrected chi connectivity index (χ0v) is 13.3. The maximum Gasteiger partial charge on any atom is 0.337 e. The molecule has 0 bridgehead atoms. The Labute approximate surface area is 139 Å². The van der Waals surface area contributed by atoms with Crippen LogP contribution in [0.4, 0.5) is 0 Å². The number of carbonyl (C=O) groups is 2. The first-order chi connectivity index (χ1) is 11.5. The second kappa shape index (κ2) is 7.72. The van der Waals surface area contributed by atoms with Gasteiger partial charge in [0, 0.05) is 0 Å². The molecule has 0 spiro atoms. The van der Waals surface area contributed by atoms with Crippen LogP contribution in [0.1, 0.15) is 44.1 Å². The van der Waals surface area contributed by atoms with E-state index in [1.54, 1.807) is 24.3 Å². The average Bonchev–Trinajstić information content (AvgIpc) is 2.65. The van der Waals surface area contributed by atoms with Gasteiger partial charge in [-0.05, 0) is 35.4 Å². The number of aliphatic hydroxyl groups excluding tert-OH is 2. The van der Waals surface area contributed by atoms with Crippen LogP contribution >= 0.6 is 0 Å². The lowest BCUT2D eigenvalue weighted by molar-refractivity contribution is 0.0172. The molecule has 24 heavy (non-hydrogen) atoms. The van der Waals surface area contributed by atoms with Crippen LogP contribution in [0.2, 0.25) is 0 Å². The van der Waals surface area contributed by atoms with Crippen LogP contribution in [0.5, 0.6) is 0 Å². The summed E-state index contributed by atoms with van der Waals surface area (Å²) >= 11 is 0. The molecule has 0 aromatic heterocycles. The molecule has 0 aliphatic heterocycles. The number of hydrogen-bond donors (Lipinski definition) is 2. The van der Waals surface area contributed by atoms with E-state index in [-0.39, 0.29) is 0 Å². The zero-order chi connectivity index (χ0) is 17.7. The fourth-order valence-corrected chi connectivity index (χ4v) is 2.23. The molecule has 2 N–H and O–H groups in total. The van der Waals surface area contributed by atoms with Crippen molar-refractivity contribution in [3.63, 3.8) is 0 Å². The van der Waals surface area contributed by atoms with Crippen LogP contribution in [-0.4, -0.2) is 36.4 Å². The van der Waals surface area contributed by atoms with Gasteiger partial charge in [-0.25, -0.2) is 9.59 Å². The zero-order valence-electron chi connectivity index (χ0n) is 13.3. The van der Waals surface area contributed by atoms with Gasteiger partial charge < -0.3 is 19.7 Å². The largest absolute Gasteiger partial charge is 0.465 e. The van der Waals surface area contributed by atoms with E-state index in [0.29, 0.717) is 22.3 Å². The summed E-state index contributed by atoms with van der Waals surface area (Å²) in [5, 5.41) is 20.6. The molecule has 126 valence electrons. The van der Waals surface area contributed by atoms with Gasteiger partial charge in [-0.3, -0.25) is 0 Å². The molecule has 0 saturated carbocycles. The fraction of sp³-hybridized carbons (Fsp3) is 0.222. The Morgan fingerprint density at radius 1 is 0.708 bits per heavy atom. The van der Waals surface area contributed by atoms with E-state index in [9.17, 15) is 19.8 Å². The Hall–Kier alpha value is -2.70. The summed E-state index contributed by atoms with van der Waals surface area (Å²) in [7, 11) is 2.57. The minimum absolute atomic E-state index is 0.352. The minimum Gasteiger partial charge on any atom is -0.465 e. The van der Waals surface area contributed by atoms with E-state index in [1.807, 2.05) is 0 Å². The predicted octanol–water partition coefficient (Wildman–Crippen LogP) is 2.03. The summed E-state index contributed by atoms with van der Waals surface area (Å²) in [6.45, 7) is 0. The Balaban J connectivity index is 2.15. The molecule has 2 aromatic carbocycles. The van der Waals surface area contributed by atoms with Crippen LogP contribution in [0.15, 0.2) is 48.5 Å². The van der Waals surface area contributed by atoms with Crippen molar-refractivity contribution in [2.75, 3.05) is 14.2 Å². The lowest BCUT2D eigenvalue weighted by Crippen LogP contribution is -2.11. The van der Waals surface area contributed by atoms with Gasteiger partial charge in [-0.1, -0.05) is 24.3 Å². The summed E-state index contributed by atoms with van der Waals surface area (Å²) in [6.07, 6.45) is -2.36. The Bertz CT molecular complexity index is 642. The van der Waals surface area contributed by atoms with Crippen LogP contribution < -0.4 is 0 Å². The molecule has 0 saturated heterocycles. The van der Waals surface area contributed by atoms with Gasteiger partial charge in [0.15, 0.2) is 0 Å². The number of rotatable bonds is 5. The molecule has 2 aromatic rings. The van der Waals surface area contributed by atoms with E-state index in [1.165, 1.54) is 38.5 Å². The molecule has 0 aliphatic carbocycles. The molecule has 0 amide bonds. The summed E-state index contributed by atoms with van der Waals surface area (Å²) in [4.78, 5) is 22.8. The number of esters is 2. The molecule has 2 atom stereocenters. The third kappa shape index (κ3) is 3.79. The first kappa shape index (κ1) is 17.7. The molecule has 6 nitrogen and oxygen atoms in total. The van der Waals surface area contributed by atoms with Crippen LogP contribution in [-0.2, 0) is 9.47 Å². The molecule has 0 aliphatic rings. The quantitative estimate of drug-likeness (QED) is 0.815. The van der Waals surface area contributed by atoms with Crippen LogP contribution in [0.3, 0.4) is 0 Å². The number of methoxy groups -OCH3 is 2. The molecule has 0 radical (unpaired) electrons. The van der Waals surface area contributed by atoms with Gasteiger partial charge >= 0.3 is 11.9 Å². The number of aliphatic hydroxyl groups is 2. The maximum atomic E-state index is 11.4. The first-order valence-corrected chi connectivity index (χ1v) is 7.20. The summed E-state index contributed by atoms with van der Waals surface area (Å²) in [5.41, 5.74) is 1.61. The second-order valence-corrected chi connectivity index (χ2v) is 5.12. The Kier molecular flexibility index (Phi) is 5.68. The maximum absolute atomic E-state index is 11.4. The predicted molar refractivity (Wildman–Crippen MR) is 85.5 cm³/mol. The lowest BCUT2D eigenvalue weighted by Gasteiger charge is -2.19. The van der Waals surface area contributed by atoms with Crippen LogP contribution in [0, 0.1) is 0 Å². The molecule has 0 heterocycles. The third-order valence-corrected chi connectivity index (χ3v) is 3.65. The molecule has 0 unspecified atom stereocenters. The van der Waals surface area contributed by atoms with Crippen molar-refractivity contribution in [2.45, 2.75) is 12.2 Å². The topological polar surface area (TPSA) is 93.1 Å². The van der Waals surface area contributed by atoms with Gasteiger partial charge in [-0.2, -0.15) is 0 Å². The van der Waals surface area contributed by atoms with Gasteiger partial charge in [0.25, 0.3) is 0 Å². The summed E-state index contributed by atoms with van der Waals surface area (Å²) < 4.78 is 9.21. The highest BCUT2D eigenvalue weighted by Crippen LogP contribution is 2.29. The molecular formula is C18H18O6. The van der Waals surface area contributed by atoms with Gasteiger partial charge in [0.1, 0.15) is 12.2 Å². The highest BCUT2D eigenvalue weighted by atomic mass is 16.5. The van der Waals surface area contributed by atoms with E-state index in [4.69, 9.17) is 0 Å². The van der Waals surface area contributed by atoms with E-state index in [2.05, 4.69) is 9.47 Å². The van der Waals surface area contributed by atoms with E-state index < -0.39 is 24.1 Å². The summed E-state index contributed by atoms with van der Waals surface area (Å²) in [6, 6.07) is 12.2. The molecule has 2 rings (SSSR count). The normalized spacial score (nSPS) is 13.0. The van der Waals surface area contributed by atoms with E-state index in [0.717, 1.165) is 0 Å². The lowest BCUT2D eigenvalue weighted by atomic mass is 9.97. The molecule has 0 fully saturated rings. The Morgan fingerprint density at radius 2 is 1.00 bits per heavy atom.